The van der Waals surface area contributed by atoms with Gasteiger partial charge in [0.1, 0.15) is 0 Å². The fourth-order valence-corrected chi connectivity index (χ4v) is 2.88. The number of aliphatic hydroxyl groups excluding tert-OH is 1. The van der Waals surface area contributed by atoms with E-state index in [1.807, 2.05) is 0 Å². The number of hydrogen-bond acceptors (Lipinski definition) is 2. The van der Waals surface area contributed by atoms with Gasteiger partial charge >= 0.3 is 6.03 Å². The molecule has 0 aromatic heterocycles. The van der Waals surface area contributed by atoms with Crippen LogP contribution in [0, 0.1) is 5.92 Å². The van der Waals surface area contributed by atoms with Crippen LogP contribution >= 0.6 is 0 Å². The minimum absolute atomic E-state index is 0.0229. The number of nitrogens with zero attached hydrogens (tertiary/aromatic N) is 1. The number of nitrogens with one attached hydrogen (secondary N) is 1. The van der Waals surface area contributed by atoms with E-state index in [-0.39, 0.29) is 12.1 Å². The van der Waals surface area contributed by atoms with Gasteiger partial charge in [0.15, 0.2) is 0 Å². The summed E-state index contributed by atoms with van der Waals surface area (Å²) < 4.78 is 0. The number of carbonyl (C=O) groups is 1. The Morgan fingerprint density at radius 2 is 1.74 bits per heavy atom. The van der Waals surface area contributed by atoms with Gasteiger partial charge in [0.25, 0.3) is 0 Å². The van der Waals surface area contributed by atoms with Gasteiger partial charge in [-0.15, -0.1) is 0 Å². The van der Waals surface area contributed by atoms with Crippen molar-refractivity contribution in [1.29, 1.82) is 0 Å². The van der Waals surface area contributed by atoms with Gasteiger partial charge in [-0.1, -0.05) is 32.1 Å². The summed E-state index contributed by atoms with van der Waals surface area (Å²) in [4.78, 5) is 13.7. The first-order valence-corrected chi connectivity index (χ1v) is 7.86. The average Bonchev–Trinajstić information content (AvgIpc) is 3.16. The van der Waals surface area contributed by atoms with E-state index in [1.54, 1.807) is 11.9 Å². The number of likely N-dealkylation sites (N-methyl/N-ethyl adjacent to an activating group) is 1. The number of urea groups is 1. The predicted molar refractivity (Wildman–Crippen MR) is 76.0 cm³/mol. The van der Waals surface area contributed by atoms with E-state index < -0.39 is 0 Å². The Morgan fingerprint density at radius 3 is 2.32 bits per heavy atom. The van der Waals surface area contributed by atoms with Crippen molar-refractivity contribution in [2.75, 3.05) is 13.6 Å². The Kier molecular flexibility index (Phi) is 5.49. The van der Waals surface area contributed by atoms with Crippen LogP contribution in [-0.4, -0.2) is 41.8 Å². The Morgan fingerprint density at radius 1 is 1.16 bits per heavy atom. The Balaban J connectivity index is 1.71. The third-order valence-electron chi connectivity index (χ3n) is 4.41. The third-order valence-corrected chi connectivity index (χ3v) is 4.41. The van der Waals surface area contributed by atoms with E-state index in [1.165, 1.54) is 32.1 Å². The first-order valence-electron chi connectivity index (χ1n) is 7.86. The van der Waals surface area contributed by atoms with E-state index in [0.717, 1.165) is 25.7 Å². The van der Waals surface area contributed by atoms with Crippen molar-refractivity contribution in [2.24, 2.45) is 5.92 Å². The molecular formula is C15H28N2O2. The highest BCUT2D eigenvalue weighted by Crippen LogP contribution is 2.32. The number of hydrogen-bond donors (Lipinski definition) is 2. The van der Waals surface area contributed by atoms with Gasteiger partial charge in [0.2, 0.25) is 0 Å². The van der Waals surface area contributed by atoms with Crippen LogP contribution in [0.4, 0.5) is 4.79 Å². The zero-order chi connectivity index (χ0) is 13.7. The van der Waals surface area contributed by atoms with Crippen LogP contribution in [0.3, 0.4) is 0 Å². The van der Waals surface area contributed by atoms with Crippen LogP contribution in [-0.2, 0) is 0 Å². The van der Waals surface area contributed by atoms with E-state index in [0.29, 0.717) is 18.5 Å². The monoisotopic (exact) mass is 268 g/mol. The van der Waals surface area contributed by atoms with Crippen molar-refractivity contribution in [1.82, 2.24) is 10.2 Å². The van der Waals surface area contributed by atoms with E-state index in [2.05, 4.69) is 5.32 Å². The molecule has 19 heavy (non-hydrogen) atoms. The summed E-state index contributed by atoms with van der Waals surface area (Å²) in [7, 11) is 1.78. The maximum absolute atomic E-state index is 12.1. The van der Waals surface area contributed by atoms with Crippen LogP contribution in [0.15, 0.2) is 0 Å². The maximum Gasteiger partial charge on any atom is 0.317 e. The number of rotatable bonds is 4. The number of carbonyl (C=O) groups excluding carboxylic acids is 1. The second-order valence-electron chi connectivity index (χ2n) is 6.28. The minimum Gasteiger partial charge on any atom is -0.391 e. The maximum atomic E-state index is 12.1. The normalized spacial score (nSPS) is 23.3. The van der Waals surface area contributed by atoms with Gasteiger partial charge in [-0.3, -0.25) is 0 Å². The molecule has 0 bridgehead atoms. The Labute approximate surface area is 116 Å². The van der Waals surface area contributed by atoms with Gasteiger partial charge in [-0.2, -0.15) is 0 Å². The summed E-state index contributed by atoms with van der Waals surface area (Å²) in [6, 6.07) is 0.304. The molecule has 1 atom stereocenters. The van der Waals surface area contributed by atoms with E-state index >= 15 is 0 Å². The highest BCUT2D eigenvalue weighted by molar-refractivity contribution is 5.74. The molecule has 2 amide bonds. The summed E-state index contributed by atoms with van der Waals surface area (Å²) in [5.74, 6) is 0.427. The van der Waals surface area contributed by atoms with Crippen molar-refractivity contribution < 1.29 is 9.90 Å². The molecule has 110 valence electrons. The van der Waals surface area contributed by atoms with Crippen molar-refractivity contribution >= 4 is 6.03 Å². The standard InChI is InChI=1S/C15H28N2O2/c1-17(11-14(18)12-9-10-12)15(19)16-13-7-5-3-2-4-6-8-13/h12-14,18H,2-11H2,1H3,(H,16,19). The molecule has 0 aromatic rings. The molecule has 2 rings (SSSR count). The molecule has 0 saturated heterocycles. The molecule has 0 aliphatic heterocycles. The Hall–Kier alpha value is -0.770. The van der Waals surface area contributed by atoms with Crippen LogP contribution in [0.25, 0.3) is 0 Å². The largest absolute Gasteiger partial charge is 0.391 e. The topological polar surface area (TPSA) is 52.6 Å². The SMILES string of the molecule is CN(CC(O)C1CC1)C(=O)NC1CCCCCCC1. The molecule has 0 heterocycles. The summed E-state index contributed by atoms with van der Waals surface area (Å²) in [5.41, 5.74) is 0. The van der Waals surface area contributed by atoms with Crippen molar-refractivity contribution in [3.63, 3.8) is 0 Å². The molecular weight excluding hydrogens is 240 g/mol. The van der Waals surface area contributed by atoms with Crippen LogP contribution in [0.5, 0.6) is 0 Å². The molecule has 0 spiro atoms. The fraction of sp³-hybridized carbons (Fsp3) is 0.933. The molecule has 4 nitrogen and oxygen atoms in total. The van der Waals surface area contributed by atoms with Gasteiger partial charge in [0.05, 0.1) is 6.10 Å². The average molecular weight is 268 g/mol. The van der Waals surface area contributed by atoms with Crippen LogP contribution < -0.4 is 5.32 Å². The quantitative estimate of drug-likeness (QED) is 0.823. The first kappa shape index (κ1) is 14.6. The Bertz CT molecular complexity index is 284. The lowest BCUT2D eigenvalue weighted by molar-refractivity contribution is 0.112. The zero-order valence-corrected chi connectivity index (χ0v) is 12.1. The highest BCUT2D eigenvalue weighted by atomic mass is 16.3. The van der Waals surface area contributed by atoms with Crippen molar-refractivity contribution in [2.45, 2.75) is 69.9 Å². The highest BCUT2D eigenvalue weighted by Gasteiger charge is 2.31. The van der Waals surface area contributed by atoms with Gasteiger partial charge < -0.3 is 15.3 Å². The molecule has 2 aliphatic rings. The number of amides is 2. The van der Waals surface area contributed by atoms with Crippen LogP contribution in [0.2, 0.25) is 0 Å². The molecule has 1 unspecified atom stereocenters. The lowest BCUT2D eigenvalue weighted by Crippen LogP contribution is -2.46. The van der Waals surface area contributed by atoms with Crippen molar-refractivity contribution in [3.05, 3.63) is 0 Å². The van der Waals surface area contributed by atoms with Gasteiger partial charge in [0, 0.05) is 19.6 Å². The van der Waals surface area contributed by atoms with E-state index in [4.69, 9.17) is 0 Å². The first-order chi connectivity index (χ1) is 9.16. The number of aliphatic hydroxyl groups is 1. The molecule has 0 aromatic carbocycles. The second kappa shape index (κ2) is 7.13. The second-order valence-corrected chi connectivity index (χ2v) is 6.28. The van der Waals surface area contributed by atoms with Gasteiger partial charge in [-0.25, -0.2) is 4.79 Å². The molecule has 4 heteroatoms. The third kappa shape index (κ3) is 5.01. The van der Waals surface area contributed by atoms with E-state index in [9.17, 15) is 9.90 Å². The molecule has 2 aliphatic carbocycles. The lowest BCUT2D eigenvalue weighted by Gasteiger charge is -2.26. The smallest absolute Gasteiger partial charge is 0.317 e. The summed E-state index contributed by atoms with van der Waals surface area (Å²) in [6.07, 6.45) is 10.5. The minimum atomic E-state index is -0.340. The molecule has 2 fully saturated rings. The summed E-state index contributed by atoms with van der Waals surface area (Å²) in [5, 5.41) is 13.0. The molecule has 0 radical (unpaired) electrons. The fourth-order valence-electron chi connectivity index (χ4n) is 2.88. The summed E-state index contributed by atoms with van der Waals surface area (Å²) >= 11 is 0. The molecule has 2 saturated carbocycles. The van der Waals surface area contributed by atoms with Crippen LogP contribution in [0.1, 0.15) is 57.8 Å². The predicted octanol–water partition coefficient (Wildman–Crippen LogP) is 2.51. The van der Waals surface area contributed by atoms with Gasteiger partial charge in [-0.05, 0) is 31.6 Å². The van der Waals surface area contributed by atoms with Crippen molar-refractivity contribution in [3.8, 4) is 0 Å². The lowest BCUT2D eigenvalue weighted by atomic mass is 9.97. The summed E-state index contributed by atoms with van der Waals surface area (Å²) in [6.45, 7) is 0.462. The molecule has 2 N–H and O–H groups in total. The zero-order valence-electron chi connectivity index (χ0n) is 12.1.